The van der Waals surface area contributed by atoms with Crippen molar-refractivity contribution in [2.24, 2.45) is 0 Å². The van der Waals surface area contributed by atoms with Gasteiger partial charge in [0.05, 0.1) is 6.04 Å². The molecule has 6 heteroatoms. The maximum atomic E-state index is 11.7. The van der Waals surface area contributed by atoms with Crippen LogP contribution in [0.2, 0.25) is 0 Å². The Labute approximate surface area is 96.8 Å². The number of aromatic nitrogens is 3. The number of anilines is 1. The molecule has 1 atom stereocenters. The van der Waals surface area contributed by atoms with Crippen LogP contribution in [0.3, 0.4) is 0 Å². The molecule has 0 saturated heterocycles. The minimum absolute atomic E-state index is 0.142. The van der Waals surface area contributed by atoms with Gasteiger partial charge in [-0.1, -0.05) is 0 Å². The van der Waals surface area contributed by atoms with Gasteiger partial charge >= 0.3 is 5.69 Å². The fraction of sp³-hybridized carbons (Fsp3) is 0.182. The lowest BCUT2D eigenvalue weighted by atomic mass is 10.1. The summed E-state index contributed by atoms with van der Waals surface area (Å²) in [6, 6.07) is 4.52. The Morgan fingerprint density at radius 2 is 2.00 bits per heavy atom. The summed E-state index contributed by atoms with van der Waals surface area (Å²) in [5.41, 5.74) is 5.57. The summed E-state index contributed by atoms with van der Waals surface area (Å²) < 4.78 is 1.33. The minimum Gasteiger partial charge on any atom is -0.385 e. The molecule has 0 radical (unpaired) electrons. The van der Waals surface area contributed by atoms with Crippen LogP contribution >= 0.6 is 0 Å². The molecule has 17 heavy (non-hydrogen) atoms. The molecule has 88 valence electrons. The van der Waals surface area contributed by atoms with Crippen molar-refractivity contribution in [3.63, 3.8) is 0 Å². The fourth-order valence-corrected chi connectivity index (χ4v) is 1.71. The Morgan fingerprint density at radius 3 is 2.59 bits per heavy atom. The van der Waals surface area contributed by atoms with E-state index in [0.29, 0.717) is 0 Å². The molecule has 2 rings (SSSR count). The number of nitrogens with zero attached hydrogens (tertiary/aromatic N) is 2. The number of hydrogen-bond donors (Lipinski definition) is 2. The average Bonchev–Trinajstić information content (AvgIpc) is 2.28. The molecule has 0 saturated carbocycles. The lowest BCUT2D eigenvalue weighted by molar-refractivity contribution is 0.603. The lowest BCUT2D eigenvalue weighted by Gasteiger charge is -2.16. The zero-order valence-corrected chi connectivity index (χ0v) is 9.25. The van der Waals surface area contributed by atoms with Gasteiger partial charge in [-0.2, -0.15) is 0 Å². The number of hydrogen-bond acceptors (Lipinski definition) is 4. The van der Waals surface area contributed by atoms with Crippen molar-refractivity contribution in [2.75, 3.05) is 5.73 Å². The number of nitrogens with one attached hydrogen (secondary N) is 1. The maximum absolute atomic E-state index is 11.7. The molecule has 6 nitrogen and oxygen atoms in total. The number of rotatable bonds is 2. The van der Waals surface area contributed by atoms with Crippen molar-refractivity contribution in [2.45, 2.75) is 13.0 Å². The summed E-state index contributed by atoms with van der Waals surface area (Å²) in [6.07, 6.45) is 3.28. The third-order valence-corrected chi connectivity index (χ3v) is 2.58. The Kier molecular flexibility index (Phi) is 2.78. The van der Waals surface area contributed by atoms with Crippen LogP contribution in [0.5, 0.6) is 0 Å². The summed E-state index contributed by atoms with van der Waals surface area (Å²) in [4.78, 5) is 28.8. The van der Waals surface area contributed by atoms with Crippen LogP contribution < -0.4 is 17.0 Å². The van der Waals surface area contributed by atoms with Gasteiger partial charge in [-0.3, -0.25) is 19.3 Å². The highest BCUT2D eigenvalue weighted by molar-refractivity contribution is 5.30. The largest absolute Gasteiger partial charge is 0.385 e. The van der Waals surface area contributed by atoms with Crippen LogP contribution in [-0.2, 0) is 0 Å². The summed E-state index contributed by atoms with van der Waals surface area (Å²) in [5, 5.41) is 0. The summed E-state index contributed by atoms with van der Waals surface area (Å²) in [7, 11) is 0. The fourth-order valence-electron chi connectivity index (χ4n) is 1.71. The van der Waals surface area contributed by atoms with Crippen LogP contribution in [0.15, 0.2) is 40.2 Å². The van der Waals surface area contributed by atoms with E-state index in [1.807, 2.05) is 6.92 Å². The number of H-pyrrole nitrogens is 1. The molecule has 0 spiro atoms. The van der Waals surface area contributed by atoms with Gasteiger partial charge in [0.15, 0.2) is 0 Å². The van der Waals surface area contributed by atoms with Gasteiger partial charge in [-0.15, -0.1) is 0 Å². The molecule has 0 aliphatic rings. The average molecular weight is 232 g/mol. The van der Waals surface area contributed by atoms with E-state index >= 15 is 0 Å². The molecule has 0 aliphatic carbocycles. The standard InChI is InChI=1S/C11H12N4O2/c1-7(8-2-4-13-5-3-8)15-9(12)6-10(16)14-11(15)17/h2-7H,12H2,1H3,(H,14,16,17). The molecule has 3 N–H and O–H groups in total. The van der Waals surface area contributed by atoms with Gasteiger partial charge in [-0.25, -0.2) is 4.79 Å². The Balaban J connectivity index is 2.56. The highest BCUT2D eigenvalue weighted by Crippen LogP contribution is 2.16. The highest BCUT2D eigenvalue weighted by Gasteiger charge is 2.12. The Hall–Kier alpha value is -2.37. The molecule has 0 aromatic carbocycles. The summed E-state index contributed by atoms with van der Waals surface area (Å²) in [6.45, 7) is 1.82. The normalized spacial score (nSPS) is 12.3. The summed E-state index contributed by atoms with van der Waals surface area (Å²) in [5.74, 6) is 0.142. The molecule has 0 aliphatic heterocycles. The monoisotopic (exact) mass is 232 g/mol. The predicted octanol–water partition coefficient (Wildman–Crippen LogP) is 0.123. The quantitative estimate of drug-likeness (QED) is 0.769. The van der Waals surface area contributed by atoms with Gasteiger partial charge < -0.3 is 5.73 Å². The molecular formula is C11H12N4O2. The second-order valence-electron chi connectivity index (χ2n) is 3.69. The minimum atomic E-state index is -0.515. The first-order valence-corrected chi connectivity index (χ1v) is 5.11. The van der Waals surface area contributed by atoms with E-state index < -0.39 is 11.2 Å². The smallest absolute Gasteiger partial charge is 0.330 e. The van der Waals surface area contributed by atoms with E-state index in [1.165, 1.54) is 10.6 Å². The van der Waals surface area contributed by atoms with Crippen LogP contribution in [0.4, 0.5) is 5.82 Å². The van der Waals surface area contributed by atoms with Crippen molar-refractivity contribution in [3.05, 3.63) is 57.0 Å². The Morgan fingerprint density at radius 1 is 1.35 bits per heavy atom. The zero-order valence-electron chi connectivity index (χ0n) is 9.25. The van der Waals surface area contributed by atoms with Gasteiger partial charge in [-0.05, 0) is 24.6 Å². The van der Waals surface area contributed by atoms with Gasteiger partial charge in [0, 0.05) is 18.5 Å². The predicted molar refractivity (Wildman–Crippen MR) is 63.8 cm³/mol. The third-order valence-electron chi connectivity index (χ3n) is 2.58. The molecule has 2 aromatic rings. The van der Waals surface area contributed by atoms with Crippen molar-refractivity contribution in [3.8, 4) is 0 Å². The summed E-state index contributed by atoms with van der Waals surface area (Å²) >= 11 is 0. The van der Waals surface area contributed by atoms with Crippen molar-refractivity contribution < 1.29 is 0 Å². The SMILES string of the molecule is CC(c1ccncc1)n1c(N)cc(=O)[nH]c1=O. The molecular weight excluding hydrogens is 220 g/mol. The van der Waals surface area contributed by atoms with Crippen LogP contribution in [0.1, 0.15) is 18.5 Å². The van der Waals surface area contributed by atoms with Gasteiger partial charge in [0.25, 0.3) is 5.56 Å². The molecule has 2 aromatic heterocycles. The van der Waals surface area contributed by atoms with Crippen molar-refractivity contribution in [1.29, 1.82) is 0 Å². The van der Waals surface area contributed by atoms with Crippen LogP contribution in [0.25, 0.3) is 0 Å². The first kappa shape index (κ1) is 11.1. The molecule has 1 unspecified atom stereocenters. The highest BCUT2D eigenvalue weighted by atomic mass is 16.2. The van der Waals surface area contributed by atoms with E-state index in [0.717, 1.165) is 5.56 Å². The second-order valence-corrected chi connectivity index (χ2v) is 3.69. The van der Waals surface area contributed by atoms with Gasteiger partial charge in [0.2, 0.25) is 0 Å². The third kappa shape index (κ3) is 2.10. The lowest BCUT2D eigenvalue weighted by Crippen LogP contribution is -2.33. The Bertz CT molecular complexity index is 630. The van der Waals surface area contributed by atoms with Crippen LogP contribution in [-0.4, -0.2) is 14.5 Å². The van der Waals surface area contributed by atoms with Gasteiger partial charge in [0.1, 0.15) is 5.82 Å². The first-order valence-electron chi connectivity index (χ1n) is 5.11. The van der Waals surface area contributed by atoms with E-state index in [-0.39, 0.29) is 11.9 Å². The molecule has 0 fully saturated rings. The number of aromatic amines is 1. The zero-order chi connectivity index (χ0) is 12.4. The topological polar surface area (TPSA) is 93.8 Å². The van der Waals surface area contributed by atoms with E-state index in [1.54, 1.807) is 24.5 Å². The van der Waals surface area contributed by atoms with Crippen LogP contribution in [0, 0.1) is 0 Å². The van der Waals surface area contributed by atoms with E-state index in [9.17, 15) is 9.59 Å². The molecule has 0 amide bonds. The number of nitrogen functional groups attached to an aromatic ring is 1. The first-order chi connectivity index (χ1) is 8.09. The van der Waals surface area contributed by atoms with E-state index in [2.05, 4.69) is 9.97 Å². The van der Waals surface area contributed by atoms with E-state index in [4.69, 9.17) is 5.73 Å². The maximum Gasteiger partial charge on any atom is 0.330 e. The van der Waals surface area contributed by atoms with Crippen molar-refractivity contribution in [1.82, 2.24) is 14.5 Å². The molecule has 2 heterocycles. The molecule has 0 bridgehead atoms. The number of nitrogens with two attached hydrogens (primary N) is 1. The van der Waals surface area contributed by atoms with Crippen molar-refractivity contribution >= 4 is 5.82 Å². The second kappa shape index (κ2) is 4.25. The number of pyridine rings is 1.